The predicted octanol–water partition coefficient (Wildman–Crippen LogP) is 3.22. The van der Waals surface area contributed by atoms with Crippen LogP contribution in [0.3, 0.4) is 0 Å². The normalized spacial score (nSPS) is 10.5. The van der Waals surface area contributed by atoms with E-state index in [0.29, 0.717) is 33.8 Å². The van der Waals surface area contributed by atoms with Crippen LogP contribution in [0.1, 0.15) is 27.2 Å². The van der Waals surface area contributed by atoms with Gasteiger partial charge in [0.2, 0.25) is 0 Å². The standard InChI is InChI=1S/C22H16FN7O/c1-15-10-18(23)4-7-21(15)29(22(31)17-8-9-25-26-12-17)14-19-13-27-30(28-19)20-5-2-16(11-24)3-6-20/h2-10,12-13H,14H2,1H3. The Hall–Kier alpha value is -4.45. The van der Waals surface area contributed by atoms with Crippen LogP contribution in [0, 0.1) is 24.1 Å². The number of halogens is 1. The summed E-state index contributed by atoms with van der Waals surface area (Å²) in [5, 5.41) is 25.1. The van der Waals surface area contributed by atoms with E-state index in [4.69, 9.17) is 5.26 Å². The van der Waals surface area contributed by atoms with Crippen LogP contribution in [0.4, 0.5) is 10.1 Å². The van der Waals surface area contributed by atoms with E-state index in [1.807, 2.05) is 0 Å². The van der Waals surface area contributed by atoms with Crippen molar-refractivity contribution in [3.8, 4) is 11.8 Å². The number of nitrogens with zero attached hydrogens (tertiary/aromatic N) is 7. The van der Waals surface area contributed by atoms with E-state index in [-0.39, 0.29) is 18.3 Å². The van der Waals surface area contributed by atoms with E-state index in [9.17, 15) is 9.18 Å². The first-order chi connectivity index (χ1) is 15.0. The molecule has 152 valence electrons. The summed E-state index contributed by atoms with van der Waals surface area (Å²) >= 11 is 0. The lowest BCUT2D eigenvalue weighted by atomic mass is 10.1. The van der Waals surface area contributed by atoms with Crippen LogP contribution >= 0.6 is 0 Å². The largest absolute Gasteiger partial charge is 0.302 e. The Balaban J connectivity index is 1.67. The SMILES string of the molecule is Cc1cc(F)ccc1N(Cc1cnn(-c2ccc(C#N)cc2)n1)C(=O)c1ccnnc1. The molecule has 0 saturated carbocycles. The highest BCUT2D eigenvalue weighted by atomic mass is 19.1. The van der Waals surface area contributed by atoms with Crippen LogP contribution in [0.2, 0.25) is 0 Å². The molecule has 31 heavy (non-hydrogen) atoms. The molecular weight excluding hydrogens is 397 g/mol. The minimum Gasteiger partial charge on any atom is -0.302 e. The molecule has 0 unspecified atom stereocenters. The molecule has 0 N–H and O–H groups in total. The highest BCUT2D eigenvalue weighted by Gasteiger charge is 2.22. The summed E-state index contributed by atoms with van der Waals surface area (Å²) in [4.78, 5) is 16.1. The Labute approximate surface area is 177 Å². The molecule has 2 aromatic heterocycles. The number of nitriles is 1. The minimum absolute atomic E-state index is 0.115. The molecule has 0 aliphatic carbocycles. The lowest BCUT2D eigenvalue weighted by Crippen LogP contribution is -2.31. The second-order valence-electron chi connectivity index (χ2n) is 6.74. The van der Waals surface area contributed by atoms with Crippen molar-refractivity contribution in [2.24, 2.45) is 0 Å². The van der Waals surface area contributed by atoms with Crippen molar-refractivity contribution in [2.45, 2.75) is 13.5 Å². The van der Waals surface area contributed by atoms with Crippen molar-refractivity contribution in [2.75, 3.05) is 4.90 Å². The molecule has 0 spiro atoms. The van der Waals surface area contributed by atoms with Gasteiger partial charge >= 0.3 is 0 Å². The number of anilines is 1. The van der Waals surface area contributed by atoms with E-state index in [2.05, 4.69) is 26.5 Å². The number of aryl methyl sites for hydroxylation is 1. The van der Waals surface area contributed by atoms with Gasteiger partial charge < -0.3 is 4.90 Å². The first kappa shape index (κ1) is 19.8. The summed E-state index contributed by atoms with van der Waals surface area (Å²) in [6.07, 6.45) is 4.37. The van der Waals surface area contributed by atoms with Gasteiger partial charge in [0.1, 0.15) is 11.5 Å². The summed E-state index contributed by atoms with van der Waals surface area (Å²) < 4.78 is 13.6. The van der Waals surface area contributed by atoms with E-state index in [1.54, 1.807) is 49.5 Å². The third kappa shape index (κ3) is 4.28. The smallest absolute Gasteiger partial charge is 0.260 e. The van der Waals surface area contributed by atoms with Crippen molar-refractivity contribution in [3.63, 3.8) is 0 Å². The number of amides is 1. The maximum absolute atomic E-state index is 13.6. The Morgan fingerprint density at radius 1 is 1.13 bits per heavy atom. The van der Waals surface area contributed by atoms with Crippen LogP contribution in [0.25, 0.3) is 5.69 Å². The molecule has 0 atom stereocenters. The lowest BCUT2D eigenvalue weighted by molar-refractivity contribution is 0.0984. The molecule has 0 saturated heterocycles. The Morgan fingerprint density at radius 3 is 2.61 bits per heavy atom. The van der Waals surface area contributed by atoms with E-state index in [1.165, 1.54) is 34.2 Å². The molecule has 0 fully saturated rings. The van der Waals surface area contributed by atoms with Crippen LogP contribution in [0.15, 0.2) is 67.1 Å². The molecule has 9 heteroatoms. The fourth-order valence-corrected chi connectivity index (χ4v) is 3.08. The number of hydrogen-bond acceptors (Lipinski definition) is 6. The number of hydrogen-bond donors (Lipinski definition) is 0. The maximum atomic E-state index is 13.6. The summed E-state index contributed by atoms with van der Waals surface area (Å²) in [6.45, 7) is 1.85. The second kappa shape index (κ2) is 8.51. The van der Waals surface area contributed by atoms with Gasteiger partial charge in [0.05, 0.1) is 48.0 Å². The zero-order chi connectivity index (χ0) is 21.8. The highest BCUT2D eigenvalue weighted by molar-refractivity contribution is 6.06. The first-order valence-corrected chi connectivity index (χ1v) is 9.31. The van der Waals surface area contributed by atoms with Gasteiger partial charge in [-0.1, -0.05) is 0 Å². The number of rotatable bonds is 5. The number of carbonyl (C=O) groups is 1. The van der Waals surface area contributed by atoms with Gasteiger partial charge in [-0.05, 0) is 61.0 Å². The summed E-state index contributed by atoms with van der Waals surface area (Å²) in [5.74, 6) is -0.705. The van der Waals surface area contributed by atoms with Crippen molar-refractivity contribution in [1.29, 1.82) is 5.26 Å². The van der Waals surface area contributed by atoms with Gasteiger partial charge in [-0.3, -0.25) is 4.79 Å². The Morgan fingerprint density at radius 2 is 1.94 bits per heavy atom. The maximum Gasteiger partial charge on any atom is 0.260 e. The predicted molar refractivity (Wildman–Crippen MR) is 110 cm³/mol. The summed E-state index contributed by atoms with van der Waals surface area (Å²) in [7, 11) is 0. The quantitative estimate of drug-likeness (QED) is 0.498. The Kier molecular flexibility index (Phi) is 5.45. The highest BCUT2D eigenvalue weighted by Crippen LogP contribution is 2.24. The topological polar surface area (TPSA) is 101 Å². The monoisotopic (exact) mass is 413 g/mol. The van der Waals surface area contributed by atoms with E-state index in [0.717, 1.165) is 0 Å². The fourth-order valence-electron chi connectivity index (χ4n) is 3.08. The third-order valence-corrected chi connectivity index (χ3v) is 4.61. The molecule has 2 aromatic carbocycles. The zero-order valence-corrected chi connectivity index (χ0v) is 16.5. The molecule has 0 radical (unpaired) electrons. The zero-order valence-electron chi connectivity index (χ0n) is 16.5. The van der Waals surface area contributed by atoms with E-state index < -0.39 is 0 Å². The number of aromatic nitrogens is 5. The van der Waals surface area contributed by atoms with Gasteiger partial charge in [-0.25, -0.2) is 4.39 Å². The van der Waals surface area contributed by atoms with Crippen molar-refractivity contribution >= 4 is 11.6 Å². The number of carbonyl (C=O) groups excluding carboxylic acids is 1. The first-order valence-electron chi connectivity index (χ1n) is 9.31. The summed E-state index contributed by atoms with van der Waals surface area (Å²) in [5.41, 5.74) is 3.25. The second-order valence-corrected chi connectivity index (χ2v) is 6.74. The number of benzene rings is 2. The van der Waals surface area contributed by atoms with Gasteiger partial charge in [-0.2, -0.15) is 30.5 Å². The Bertz CT molecular complexity index is 1260. The van der Waals surface area contributed by atoms with E-state index >= 15 is 0 Å². The van der Waals surface area contributed by atoms with Crippen LogP contribution < -0.4 is 4.90 Å². The molecule has 8 nitrogen and oxygen atoms in total. The molecule has 4 aromatic rings. The molecule has 2 heterocycles. The van der Waals surface area contributed by atoms with Gasteiger partial charge in [0.25, 0.3) is 5.91 Å². The van der Waals surface area contributed by atoms with Crippen molar-refractivity contribution < 1.29 is 9.18 Å². The van der Waals surface area contributed by atoms with Crippen LogP contribution in [-0.4, -0.2) is 31.1 Å². The average molecular weight is 413 g/mol. The molecule has 0 aliphatic heterocycles. The molecule has 0 aliphatic rings. The average Bonchev–Trinajstić information content (AvgIpc) is 3.27. The van der Waals surface area contributed by atoms with Gasteiger partial charge in [0, 0.05) is 5.69 Å². The van der Waals surface area contributed by atoms with Gasteiger partial charge in [0.15, 0.2) is 0 Å². The van der Waals surface area contributed by atoms with Crippen LogP contribution in [-0.2, 0) is 6.54 Å². The molecule has 4 rings (SSSR count). The van der Waals surface area contributed by atoms with Crippen molar-refractivity contribution in [1.82, 2.24) is 25.2 Å². The summed E-state index contributed by atoms with van der Waals surface area (Å²) in [6, 6.07) is 14.7. The lowest BCUT2D eigenvalue weighted by Gasteiger charge is -2.23. The third-order valence-electron chi connectivity index (χ3n) is 4.61. The van der Waals surface area contributed by atoms with Gasteiger partial charge in [-0.15, -0.1) is 0 Å². The minimum atomic E-state index is -0.383. The van der Waals surface area contributed by atoms with Crippen LogP contribution in [0.5, 0.6) is 0 Å². The fraction of sp³-hybridized carbons (Fsp3) is 0.0909. The molecule has 0 bridgehead atoms. The molecular formula is C22H16FN7O. The molecule has 1 amide bonds. The van der Waals surface area contributed by atoms with Crippen molar-refractivity contribution in [3.05, 3.63) is 95.3 Å².